The number of phenolic OH excluding ortho intramolecular Hbond substituents is 1. The average molecular weight is 540 g/mol. The van der Waals surface area contributed by atoms with Crippen molar-refractivity contribution in [3.63, 3.8) is 0 Å². The first-order chi connectivity index (χ1) is 18.7. The molecular formula is C32H46FN3O3. The first-order valence-electron chi connectivity index (χ1n) is 14.6. The first kappa shape index (κ1) is 29.2. The van der Waals surface area contributed by atoms with E-state index in [0.29, 0.717) is 42.2 Å². The first-order valence-corrected chi connectivity index (χ1v) is 14.6. The lowest BCUT2D eigenvalue weighted by molar-refractivity contribution is -0.109. The van der Waals surface area contributed by atoms with Crippen LogP contribution in [0.5, 0.6) is 11.5 Å². The summed E-state index contributed by atoms with van der Waals surface area (Å²) < 4.78 is 20.9. The van der Waals surface area contributed by atoms with E-state index < -0.39 is 0 Å². The van der Waals surface area contributed by atoms with Crippen LogP contribution in [0.4, 0.5) is 10.1 Å². The van der Waals surface area contributed by atoms with Gasteiger partial charge in [0.1, 0.15) is 23.4 Å². The fourth-order valence-corrected chi connectivity index (χ4v) is 6.16. The number of aromatic hydroxyl groups is 1. The number of halogens is 1. The minimum absolute atomic E-state index is 0.186. The lowest BCUT2D eigenvalue weighted by atomic mass is 9.68. The number of hydrogen-bond acceptors (Lipinski definition) is 5. The topological polar surface area (TPSA) is 73.8 Å². The highest BCUT2D eigenvalue weighted by Crippen LogP contribution is 2.45. The molecule has 2 fully saturated rings. The Morgan fingerprint density at radius 2 is 1.85 bits per heavy atom. The summed E-state index contributed by atoms with van der Waals surface area (Å²) in [6.07, 6.45) is 7.24. The minimum atomic E-state index is -0.310. The Morgan fingerprint density at radius 3 is 2.54 bits per heavy atom. The number of carbonyl (C=O) groups is 1. The van der Waals surface area contributed by atoms with E-state index in [2.05, 4.69) is 42.4 Å². The molecule has 3 N–H and O–H groups in total. The second-order valence-corrected chi connectivity index (χ2v) is 12.3. The van der Waals surface area contributed by atoms with Gasteiger partial charge in [-0.05, 0) is 79.0 Å². The van der Waals surface area contributed by atoms with Gasteiger partial charge >= 0.3 is 0 Å². The van der Waals surface area contributed by atoms with E-state index in [4.69, 9.17) is 4.74 Å². The van der Waals surface area contributed by atoms with E-state index >= 15 is 0 Å². The molecule has 1 atom stereocenters. The van der Waals surface area contributed by atoms with Crippen LogP contribution in [0.1, 0.15) is 76.3 Å². The molecule has 2 aliphatic rings. The normalized spacial score (nSPS) is 20.9. The number of amides is 1. The van der Waals surface area contributed by atoms with Crippen LogP contribution < -0.4 is 20.3 Å². The number of piperazine rings is 1. The van der Waals surface area contributed by atoms with Crippen LogP contribution in [0.15, 0.2) is 36.4 Å². The lowest BCUT2D eigenvalue weighted by Crippen LogP contribution is -2.43. The van der Waals surface area contributed by atoms with Gasteiger partial charge in [-0.15, -0.1) is 0 Å². The number of rotatable bonds is 11. The zero-order valence-corrected chi connectivity index (χ0v) is 23.8. The van der Waals surface area contributed by atoms with Crippen LogP contribution in [-0.2, 0) is 11.2 Å². The van der Waals surface area contributed by atoms with E-state index in [9.17, 15) is 14.3 Å². The van der Waals surface area contributed by atoms with Gasteiger partial charge in [0.05, 0.1) is 0 Å². The van der Waals surface area contributed by atoms with E-state index in [0.717, 1.165) is 69.0 Å². The highest BCUT2D eigenvalue weighted by Gasteiger charge is 2.31. The van der Waals surface area contributed by atoms with Crippen molar-refractivity contribution in [2.45, 2.75) is 77.7 Å². The molecule has 0 bridgehead atoms. The number of nitrogens with zero attached hydrogens (tertiary/aromatic N) is 1. The summed E-state index contributed by atoms with van der Waals surface area (Å²) in [5, 5.41) is 16.7. The van der Waals surface area contributed by atoms with Gasteiger partial charge in [0.25, 0.3) is 0 Å². The molecule has 39 heavy (non-hydrogen) atoms. The molecule has 2 aromatic rings. The number of aryl methyl sites for hydroxylation is 1. The zero-order valence-electron chi connectivity index (χ0n) is 23.8. The molecule has 4 rings (SSSR count). The summed E-state index contributed by atoms with van der Waals surface area (Å²) in [7, 11) is 0. The lowest BCUT2D eigenvalue weighted by Gasteiger charge is -2.37. The Kier molecular flexibility index (Phi) is 10.1. The molecule has 7 heteroatoms. The largest absolute Gasteiger partial charge is 0.508 e. The molecule has 1 aliphatic heterocycles. The third-order valence-corrected chi connectivity index (χ3v) is 8.57. The molecule has 0 radical (unpaired) electrons. The smallest absolute Gasteiger partial charge is 0.207 e. The Morgan fingerprint density at radius 1 is 1.10 bits per heavy atom. The molecule has 1 saturated heterocycles. The Hall–Kier alpha value is -2.80. The highest BCUT2D eigenvalue weighted by molar-refractivity contribution is 5.51. The van der Waals surface area contributed by atoms with Gasteiger partial charge in [-0.2, -0.15) is 0 Å². The maximum Gasteiger partial charge on any atom is 0.207 e. The molecule has 2 aromatic carbocycles. The summed E-state index contributed by atoms with van der Waals surface area (Å²) in [6, 6.07) is 10.9. The third-order valence-electron chi connectivity index (χ3n) is 8.57. The highest BCUT2D eigenvalue weighted by atomic mass is 19.1. The maximum atomic E-state index is 14.5. The molecule has 1 unspecified atom stereocenters. The fraction of sp³-hybridized carbons (Fsp3) is 0.594. The van der Waals surface area contributed by atoms with Crippen molar-refractivity contribution in [1.29, 1.82) is 0 Å². The molecule has 0 spiro atoms. The quantitative estimate of drug-likeness (QED) is 0.250. The molecule has 0 aromatic heterocycles. The standard InChI is InChI=1S/C32H46FN3O3/c1-32(2,3)25-8-6-24(7-9-25)30-18-23(5-11-31(30)38)4-10-28(12-13-35-22-37)39-29-20-26(33)19-27(21-29)36-16-14-34-15-17-36/h5,11,18-22,24-25,28,34,38H,4,6-10,12-17H2,1-3H3,(H,35,37). The molecule has 1 amide bonds. The second kappa shape index (κ2) is 13.5. The van der Waals surface area contributed by atoms with Crippen LogP contribution in [0.3, 0.4) is 0 Å². The number of nitrogens with one attached hydrogen (secondary N) is 2. The average Bonchev–Trinajstić information content (AvgIpc) is 2.92. The SMILES string of the molecule is CC(C)(C)C1CCC(c2cc(CCC(CCNC=O)Oc3cc(F)cc(N4CCNCC4)c3)ccc2O)CC1. The molecule has 214 valence electrons. The van der Waals surface area contributed by atoms with Crippen molar-refractivity contribution in [3.05, 3.63) is 53.3 Å². The van der Waals surface area contributed by atoms with E-state index in [1.807, 2.05) is 18.2 Å². The van der Waals surface area contributed by atoms with E-state index in [-0.39, 0.29) is 11.9 Å². The second-order valence-electron chi connectivity index (χ2n) is 12.3. The van der Waals surface area contributed by atoms with Gasteiger partial charge in [0.2, 0.25) is 6.41 Å². The summed E-state index contributed by atoms with van der Waals surface area (Å²) in [5.41, 5.74) is 3.39. The van der Waals surface area contributed by atoms with Crippen LogP contribution in [0, 0.1) is 17.2 Å². The number of ether oxygens (including phenoxy) is 1. The maximum absolute atomic E-state index is 14.5. The summed E-state index contributed by atoms with van der Waals surface area (Å²) in [5.74, 6) is 1.72. The van der Waals surface area contributed by atoms with Crippen LogP contribution in [0.2, 0.25) is 0 Å². The van der Waals surface area contributed by atoms with Crippen molar-refractivity contribution in [1.82, 2.24) is 10.6 Å². The van der Waals surface area contributed by atoms with E-state index in [1.54, 1.807) is 6.07 Å². The summed E-state index contributed by atoms with van der Waals surface area (Å²) in [4.78, 5) is 13.0. The number of phenols is 1. The molecule has 6 nitrogen and oxygen atoms in total. The van der Waals surface area contributed by atoms with Gasteiger partial charge in [-0.3, -0.25) is 4.79 Å². The van der Waals surface area contributed by atoms with Crippen LogP contribution >= 0.6 is 0 Å². The van der Waals surface area contributed by atoms with Crippen molar-refractivity contribution < 1.29 is 19.0 Å². The number of hydrogen-bond donors (Lipinski definition) is 3. The van der Waals surface area contributed by atoms with Crippen LogP contribution in [-0.4, -0.2) is 50.3 Å². The molecule has 1 heterocycles. The summed E-state index contributed by atoms with van der Waals surface area (Å²) in [6.45, 7) is 10.9. The van der Waals surface area contributed by atoms with Crippen molar-refractivity contribution in [2.24, 2.45) is 11.3 Å². The molecule has 1 aliphatic carbocycles. The van der Waals surface area contributed by atoms with Crippen molar-refractivity contribution in [3.8, 4) is 11.5 Å². The van der Waals surface area contributed by atoms with Gasteiger partial charge < -0.3 is 25.4 Å². The zero-order chi connectivity index (χ0) is 27.8. The van der Waals surface area contributed by atoms with E-state index in [1.165, 1.54) is 24.5 Å². The summed E-state index contributed by atoms with van der Waals surface area (Å²) >= 11 is 0. The minimum Gasteiger partial charge on any atom is -0.508 e. The van der Waals surface area contributed by atoms with Crippen molar-refractivity contribution in [2.75, 3.05) is 37.6 Å². The number of benzene rings is 2. The Bertz CT molecular complexity index is 1070. The van der Waals surface area contributed by atoms with Crippen LogP contribution in [0.25, 0.3) is 0 Å². The Balaban J connectivity index is 1.42. The predicted octanol–water partition coefficient (Wildman–Crippen LogP) is 5.78. The fourth-order valence-electron chi connectivity index (χ4n) is 6.16. The van der Waals surface area contributed by atoms with Gasteiger partial charge in [-0.1, -0.05) is 32.9 Å². The Labute approximate surface area is 233 Å². The molecular weight excluding hydrogens is 493 g/mol. The van der Waals surface area contributed by atoms with Gasteiger partial charge in [0, 0.05) is 57.0 Å². The number of carbonyl (C=O) groups excluding carboxylic acids is 1. The van der Waals surface area contributed by atoms with Gasteiger partial charge in [-0.25, -0.2) is 4.39 Å². The van der Waals surface area contributed by atoms with Crippen molar-refractivity contribution >= 4 is 12.1 Å². The predicted molar refractivity (Wildman–Crippen MR) is 155 cm³/mol. The third kappa shape index (κ3) is 8.34. The van der Waals surface area contributed by atoms with Gasteiger partial charge in [0.15, 0.2) is 0 Å². The number of anilines is 1. The molecule has 1 saturated carbocycles. The monoisotopic (exact) mass is 539 g/mol.